The number of aliphatic hydroxyl groups is 1. The van der Waals surface area contributed by atoms with Crippen LogP contribution in [0.5, 0.6) is 0 Å². The van der Waals surface area contributed by atoms with Crippen molar-refractivity contribution < 1.29 is 18.4 Å². The maximum absolute atomic E-state index is 12.2. The van der Waals surface area contributed by atoms with Crippen molar-refractivity contribution in [3.63, 3.8) is 0 Å². The molecular formula is C11H17N3O5S. The van der Waals surface area contributed by atoms with Gasteiger partial charge in [-0.3, -0.25) is 10.1 Å². The van der Waals surface area contributed by atoms with Crippen molar-refractivity contribution in [1.82, 2.24) is 4.31 Å². The molecule has 1 aromatic carbocycles. The summed E-state index contributed by atoms with van der Waals surface area (Å²) in [7, 11) is -2.44. The second-order valence-electron chi connectivity index (χ2n) is 4.02. The lowest BCUT2D eigenvalue weighted by Gasteiger charge is -2.16. The van der Waals surface area contributed by atoms with Crippen LogP contribution in [0.15, 0.2) is 23.1 Å². The number of nitro benzene ring substituents is 1. The van der Waals surface area contributed by atoms with Gasteiger partial charge in [-0.1, -0.05) is 0 Å². The molecule has 0 saturated heterocycles. The third-order valence-electron chi connectivity index (χ3n) is 2.66. The van der Waals surface area contributed by atoms with E-state index in [1.807, 2.05) is 0 Å². The molecule has 0 aliphatic heterocycles. The summed E-state index contributed by atoms with van der Waals surface area (Å²) < 4.78 is 25.3. The molecule has 0 heterocycles. The molecule has 0 amide bonds. The summed E-state index contributed by atoms with van der Waals surface area (Å²) in [5, 5.41) is 22.4. The molecule has 20 heavy (non-hydrogen) atoms. The Morgan fingerprint density at radius 3 is 2.60 bits per heavy atom. The second kappa shape index (κ2) is 6.64. The number of hydrogen-bond acceptors (Lipinski definition) is 6. The molecule has 1 aromatic rings. The van der Waals surface area contributed by atoms with Crippen molar-refractivity contribution in [3.8, 4) is 0 Å². The van der Waals surface area contributed by atoms with E-state index in [0.717, 1.165) is 10.4 Å². The Hall–Kier alpha value is -1.71. The topological polar surface area (TPSA) is 113 Å². The number of nitro groups is 1. The number of nitrogens with one attached hydrogen (secondary N) is 1. The summed E-state index contributed by atoms with van der Waals surface area (Å²) in [6.07, 6.45) is 0. The minimum absolute atomic E-state index is 0.0458. The van der Waals surface area contributed by atoms with Crippen LogP contribution < -0.4 is 5.32 Å². The van der Waals surface area contributed by atoms with E-state index in [1.54, 1.807) is 6.92 Å². The first-order valence-electron chi connectivity index (χ1n) is 5.94. The van der Waals surface area contributed by atoms with Gasteiger partial charge in [0.25, 0.3) is 5.69 Å². The van der Waals surface area contributed by atoms with E-state index < -0.39 is 14.9 Å². The third kappa shape index (κ3) is 3.44. The Morgan fingerprint density at radius 1 is 1.45 bits per heavy atom. The first kappa shape index (κ1) is 16.3. The average Bonchev–Trinajstić information content (AvgIpc) is 2.39. The fraction of sp³-hybridized carbons (Fsp3) is 0.455. The molecule has 0 aliphatic carbocycles. The van der Waals surface area contributed by atoms with Crippen molar-refractivity contribution in [2.75, 3.05) is 32.1 Å². The van der Waals surface area contributed by atoms with Crippen LogP contribution >= 0.6 is 0 Å². The van der Waals surface area contributed by atoms with Crippen LogP contribution in [0.25, 0.3) is 0 Å². The molecule has 0 aliphatic rings. The van der Waals surface area contributed by atoms with Gasteiger partial charge in [-0.15, -0.1) is 0 Å². The van der Waals surface area contributed by atoms with Gasteiger partial charge in [-0.05, 0) is 19.1 Å². The second-order valence-corrected chi connectivity index (χ2v) is 6.06. The van der Waals surface area contributed by atoms with Crippen LogP contribution in [0.4, 0.5) is 11.4 Å². The van der Waals surface area contributed by atoms with Gasteiger partial charge in [0, 0.05) is 26.2 Å². The number of rotatable bonds is 7. The van der Waals surface area contributed by atoms with Gasteiger partial charge in [-0.25, -0.2) is 8.42 Å². The van der Waals surface area contributed by atoms with Crippen molar-refractivity contribution in [2.24, 2.45) is 0 Å². The van der Waals surface area contributed by atoms with Gasteiger partial charge >= 0.3 is 0 Å². The van der Waals surface area contributed by atoms with E-state index >= 15 is 0 Å². The van der Waals surface area contributed by atoms with E-state index in [0.29, 0.717) is 6.54 Å². The highest BCUT2D eigenvalue weighted by atomic mass is 32.2. The van der Waals surface area contributed by atoms with Crippen molar-refractivity contribution in [1.29, 1.82) is 0 Å². The first-order valence-corrected chi connectivity index (χ1v) is 7.38. The molecule has 2 N–H and O–H groups in total. The molecular weight excluding hydrogens is 286 g/mol. The highest BCUT2D eigenvalue weighted by Gasteiger charge is 2.23. The lowest BCUT2D eigenvalue weighted by molar-refractivity contribution is -0.384. The van der Waals surface area contributed by atoms with Gasteiger partial charge in [0.05, 0.1) is 16.4 Å². The van der Waals surface area contributed by atoms with Crippen molar-refractivity contribution in [3.05, 3.63) is 28.3 Å². The number of benzene rings is 1. The Kier molecular flexibility index (Phi) is 5.43. The molecule has 9 heteroatoms. The van der Waals surface area contributed by atoms with Crippen molar-refractivity contribution >= 4 is 21.4 Å². The van der Waals surface area contributed by atoms with Gasteiger partial charge < -0.3 is 10.4 Å². The van der Waals surface area contributed by atoms with E-state index in [9.17, 15) is 18.5 Å². The molecule has 0 aromatic heterocycles. The maximum atomic E-state index is 12.2. The smallest absolute Gasteiger partial charge is 0.292 e. The van der Waals surface area contributed by atoms with Crippen LogP contribution in [0.3, 0.4) is 0 Å². The number of aliphatic hydroxyl groups excluding tert-OH is 1. The fourth-order valence-electron chi connectivity index (χ4n) is 1.61. The van der Waals surface area contributed by atoms with E-state index in [2.05, 4.69) is 5.32 Å². The lowest BCUT2D eigenvalue weighted by atomic mass is 10.2. The quantitative estimate of drug-likeness (QED) is 0.564. The standard InChI is InChI=1S/C11H17N3O5S/c1-3-12-10-8-9(4-5-11(10)14(16)17)20(18,19)13(2)6-7-15/h4-5,8,12,15H,3,6-7H2,1-2H3. The SMILES string of the molecule is CCNc1cc(S(=O)(=O)N(C)CCO)ccc1[N+](=O)[O-]. The predicted octanol–water partition coefficient (Wildman–Crippen LogP) is 0.639. The minimum atomic E-state index is -3.77. The number of hydrogen-bond donors (Lipinski definition) is 2. The number of anilines is 1. The largest absolute Gasteiger partial charge is 0.395 e. The van der Waals surface area contributed by atoms with Gasteiger partial charge in [0.2, 0.25) is 10.0 Å². The van der Waals surface area contributed by atoms with Gasteiger partial charge in [0.1, 0.15) is 5.69 Å². The zero-order valence-corrected chi connectivity index (χ0v) is 12.1. The number of nitrogens with zero attached hydrogens (tertiary/aromatic N) is 2. The molecule has 1 rings (SSSR count). The Balaban J connectivity index is 3.27. The monoisotopic (exact) mass is 303 g/mol. The summed E-state index contributed by atoms with van der Waals surface area (Å²) in [5.41, 5.74) is -0.0356. The molecule has 8 nitrogen and oxygen atoms in total. The number of likely N-dealkylation sites (N-methyl/N-ethyl adjacent to an activating group) is 1. The van der Waals surface area contributed by atoms with Crippen LogP contribution in [0, 0.1) is 10.1 Å². The highest BCUT2D eigenvalue weighted by molar-refractivity contribution is 7.89. The lowest BCUT2D eigenvalue weighted by Crippen LogP contribution is -2.29. The normalized spacial score (nSPS) is 11.6. The molecule has 0 spiro atoms. The zero-order chi connectivity index (χ0) is 15.3. The maximum Gasteiger partial charge on any atom is 0.292 e. The Morgan fingerprint density at radius 2 is 2.10 bits per heavy atom. The summed E-state index contributed by atoms with van der Waals surface area (Å²) in [6, 6.07) is 3.56. The average molecular weight is 303 g/mol. The van der Waals surface area contributed by atoms with Crippen molar-refractivity contribution in [2.45, 2.75) is 11.8 Å². The molecule has 0 saturated carbocycles. The summed E-state index contributed by atoms with van der Waals surface area (Å²) in [6.45, 7) is 1.83. The van der Waals surface area contributed by atoms with Gasteiger partial charge in [-0.2, -0.15) is 4.31 Å². The molecule has 0 fully saturated rings. The summed E-state index contributed by atoms with van der Waals surface area (Å²) in [5.74, 6) is 0. The Bertz CT molecular complexity index is 588. The van der Waals surface area contributed by atoms with Crippen LogP contribution in [-0.4, -0.2) is 49.5 Å². The molecule has 0 atom stereocenters. The number of sulfonamides is 1. The summed E-state index contributed by atoms with van der Waals surface area (Å²) >= 11 is 0. The zero-order valence-electron chi connectivity index (χ0n) is 11.2. The summed E-state index contributed by atoms with van der Waals surface area (Å²) in [4.78, 5) is 10.2. The third-order valence-corrected chi connectivity index (χ3v) is 4.51. The fourth-order valence-corrected chi connectivity index (χ4v) is 2.80. The van der Waals surface area contributed by atoms with Crippen LogP contribution in [0.2, 0.25) is 0 Å². The van der Waals surface area contributed by atoms with E-state index in [-0.39, 0.29) is 29.4 Å². The molecule has 0 unspecified atom stereocenters. The van der Waals surface area contributed by atoms with E-state index in [4.69, 9.17) is 5.11 Å². The Labute approximate surface area is 117 Å². The van der Waals surface area contributed by atoms with Crippen LogP contribution in [-0.2, 0) is 10.0 Å². The van der Waals surface area contributed by atoms with Crippen LogP contribution in [0.1, 0.15) is 6.92 Å². The predicted molar refractivity (Wildman–Crippen MR) is 74.2 cm³/mol. The molecule has 112 valence electrons. The van der Waals surface area contributed by atoms with E-state index in [1.165, 1.54) is 19.2 Å². The molecule has 0 radical (unpaired) electrons. The highest BCUT2D eigenvalue weighted by Crippen LogP contribution is 2.28. The molecule has 0 bridgehead atoms. The first-order chi connectivity index (χ1) is 9.34. The van der Waals surface area contributed by atoms with Gasteiger partial charge in [0.15, 0.2) is 0 Å². The minimum Gasteiger partial charge on any atom is -0.395 e.